The zero-order chi connectivity index (χ0) is 14.0. The van der Waals surface area contributed by atoms with Crippen LogP contribution in [0, 0.1) is 5.41 Å². The van der Waals surface area contributed by atoms with E-state index >= 15 is 0 Å². The molecule has 0 aliphatic rings. The number of rotatable bonds is 5. The van der Waals surface area contributed by atoms with E-state index in [0.717, 1.165) is 4.96 Å². The summed E-state index contributed by atoms with van der Waals surface area (Å²) in [6.07, 6.45) is 3.57. The number of imidazole rings is 1. The van der Waals surface area contributed by atoms with Crippen LogP contribution in [-0.2, 0) is 20.7 Å². The number of aromatic nitrogens is 2. The van der Waals surface area contributed by atoms with Crippen LogP contribution in [-0.4, -0.2) is 33.0 Å². The van der Waals surface area contributed by atoms with E-state index in [1.807, 2.05) is 11.6 Å². The number of hydrogen-bond donors (Lipinski definition) is 1. The first-order valence-electron chi connectivity index (χ1n) is 5.79. The van der Waals surface area contributed by atoms with E-state index in [9.17, 15) is 14.7 Å². The molecule has 0 spiro atoms. The van der Waals surface area contributed by atoms with Crippen molar-refractivity contribution in [1.82, 2.24) is 9.38 Å². The average molecular weight is 282 g/mol. The smallest absolute Gasteiger partial charge is 0.323 e. The van der Waals surface area contributed by atoms with E-state index in [4.69, 9.17) is 4.74 Å². The van der Waals surface area contributed by atoms with Gasteiger partial charge in [0.25, 0.3) is 0 Å². The van der Waals surface area contributed by atoms with E-state index in [1.165, 1.54) is 18.3 Å². The van der Waals surface area contributed by atoms with Gasteiger partial charge in [0, 0.05) is 24.2 Å². The molecular formula is C12H14N2O4S. The Hall–Kier alpha value is -1.89. The SMILES string of the molecule is CCOC(=O)C(C)(Cc1cn2ccsc2n1)C(=O)O. The van der Waals surface area contributed by atoms with E-state index in [1.54, 1.807) is 17.5 Å². The highest BCUT2D eigenvalue weighted by Crippen LogP contribution is 2.25. The van der Waals surface area contributed by atoms with Crippen LogP contribution in [0.3, 0.4) is 0 Å². The Kier molecular flexibility index (Phi) is 3.57. The predicted molar refractivity (Wildman–Crippen MR) is 69.1 cm³/mol. The molecule has 102 valence electrons. The van der Waals surface area contributed by atoms with Crippen molar-refractivity contribution in [3.63, 3.8) is 0 Å². The predicted octanol–water partition coefficient (Wildman–Crippen LogP) is 1.59. The molecule has 7 heteroatoms. The lowest BCUT2D eigenvalue weighted by molar-refractivity contribution is -0.167. The lowest BCUT2D eigenvalue weighted by Crippen LogP contribution is -2.40. The molecule has 0 fully saturated rings. The number of nitrogens with zero attached hydrogens (tertiary/aromatic N) is 2. The number of thiazole rings is 1. The van der Waals surface area contributed by atoms with Crippen molar-refractivity contribution in [2.75, 3.05) is 6.61 Å². The summed E-state index contributed by atoms with van der Waals surface area (Å²) in [6.45, 7) is 3.16. The number of fused-ring (bicyclic) bond motifs is 1. The standard InChI is InChI=1S/C12H14N2O4S/c1-3-18-10(17)12(2,9(15)16)6-8-7-14-4-5-19-11(14)13-8/h4-5,7H,3,6H2,1-2H3,(H,15,16). The maximum Gasteiger partial charge on any atom is 0.323 e. The maximum atomic E-state index is 11.8. The lowest BCUT2D eigenvalue weighted by Gasteiger charge is -2.21. The normalized spacial score (nSPS) is 14.2. The summed E-state index contributed by atoms with van der Waals surface area (Å²) in [5.41, 5.74) is -1.05. The van der Waals surface area contributed by atoms with Gasteiger partial charge >= 0.3 is 11.9 Å². The lowest BCUT2D eigenvalue weighted by atomic mass is 9.86. The summed E-state index contributed by atoms with van der Waals surface area (Å²) >= 11 is 1.45. The molecule has 0 amide bonds. The second kappa shape index (κ2) is 5.00. The van der Waals surface area contributed by atoms with E-state index < -0.39 is 17.4 Å². The molecule has 0 radical (unpaired) electrons. The van der Waals surface area contributed by atoms with Crippen LogP contribution >= 0.6 is 11.3 Å². The number of carbonyl (C=O) groups is 2. The Bertz CT molecular complexity index is 590. The van der Waals surface area contributed by atoms with Gasteiger partial charge in [-0.2, -0.15) is 0 Å². The maximum absolute atomic E-state index is 11.8. The first kappa shape index (κ1) is 13.5. The van der Waals surface area contributed by atoms with Crippen LogP contribution in [0.4, 0.5) is 0 Å². The molecule has 2 aromatic heterocycles. The van der Waals surface area contributed by atoms with Gasteiger partial charge in [-0.15, -0.1) is 11.3 Å². The fourth-order valence-electron chi connectivity index (χ4n) is 1.75. The fourth-order valence-corrected chi connectivity index (χ4v) is 2.47. The second-order valence-corrected chi connectivity index (χ2v) is 5.23. The molecule has 2 heterocycles. The molecule has 2 aromatic rings. The highest BCUT2D eigenvalue weighted by Gasteiger charge is 2.43. The summed E-state index contributed by atoms with van der Waals surface area (Å²) in [6, 6.07) is 0. The number of carboxylic acids is 1. The molecule has 0 aromatic carbocycles. The quantitative estimate of drug-likeness (QED) is 0.665. The topological polar surface area (TPSA) is 80.9 Å². The summed E-state index contributed by atoms with van der Waals surface area (Å²) in [5, 5.41) is 11.2. The molecule has 19 heavy (non-hydrogen) atoms. The summed E-state index contributed by atoms with van der Waals surface area (Å²) in [4.78, 5) is 28.3. The third-order valence-electron chi connectivity index (χ3n) is 2.88. The number of carboxylic acid groups (broad SMARTS) is 1. The zero-order valence-corrected chi connectivity index (χ0v) is 11.4. The Labute approximate surface area is 113 Å². The number of hydrogen-bond acceptors (Lipinski definition) is 5. The van der Waals surface area contributed by atoms with Gasteiger partial charge in [0.05, 0.1) is 12.3 Å². The van der Waals surface area contributed by atoms with Crippen molar-refractivity contribution < 1.29 is 19.4 Å². The number of carbonyl (C=O) groups excluding carboxylic acids is 1. The molecule has 0 saturated heterocycles. The van der Waals surface area contributed by atoms with Crippen LogP contribution < -0.4 is 0 Å². The largest absolute Gasteiger partial charge is 0.480 e. The van der Waals surface area contributed by atoms with Crippen LogP contribution in [0.2, 0.25) is 0 Å². The van der Waals surface area contributed by atoms with Crippen molar-refractivity contribution in [2.24, 2.45) is 5.41 Å². The fraction of sp³-hybridized carbons (Fsp3) is 0.417. The first-order chi connectivity index (χ1) is 8.97. The zero-order valence-electron chi connectivity index (χ0n) is 10.6. The second-order valence-electron chi connectivity index (χ2n) is 4.36. The third kappa shape index (κ3) is 2.46. The van der Waals surface area contributed by atoms with Crippen LogP contribution in [0.15, 0.2) is 17.8 Å². The summed E-state index contributed by atoms with van der Waals surface area (Å²) in [5.74, 6) is -1.94. The molecule has 1 N–H and O–H groups in total. The molecular weight excluding hydrogens is 268 g/mol. The van der Waals surface area contributed by atoms with Gasteiger partial charge in [0.15, 0.2) is 10.4 Å². The van der Waals surface area contributed by atoms with E-state index in [-0.39, 0.29) is 13.0 Å². The Morgan fingerprint density at radius 2 is 2.32 bits per heavy atom. The van der Waals surface area contributed by atoms with Crippen molar-refractivity contribution in [2.45, 2.75) is 20.3 Å². The van der Waals surface area contributed by atoms with E-state index in [2.05, 4.69) is 4.98 Å². The van der Waals surface area contributed by atoms with Crippen LogP contribution in [0.25, 0.3) is 4.96 Å². The molecule has 1 unspecified atom stereocenters. The minimum Gasteiger partial charge on any atom is -0.480 e. The highest BCUT2D eigenvalue weighted by molar-refractivity contribution is 7.15. The van der Waals surface area contributed by atoms with Gasteiger partial charge in [0.2, 0.25) is 0 Å². The Morgan fingerprint density at radius 1 is 1.58 bits per heavy atom. The molecule has 0 aliphatic heterocycles. The monoisotopic (exact) mass is 282 g/mol. The molecule has 0 bridgehead atoms. The van der Waals surface area contributed by atoms with Gasteiger partial charge in [-0.3, -0.25) is 14.0 Å². The molecule has 1 atom stereocenters. The van der Waals surface area contributed by atoms with Crippen LogP contribution in [0.5, 0.6) is 0 Å². The summed E-state index contributed by atoms with van der Waals surface area (Å²) in [7, 11) is 0. The Morgan fingerprint density at radius 3 is 2.89 bits per heavy atom. The molecule has 0 saturated carbocycles. The van der Waals surface area contributed by atoms with Crippen molar-refractivity contribution in [1.29, 1.82) is 0 Å². The average Bonchev–Trinajstić information content (AvgIpc) is 2.89. The van der Waals surface area contributed by atoms with Gasteiger partial charge in [0.1, 0.15) is 0 Å². The van der Waals surface area contributed by atoms with Gasteiger partial charge in [-0.1, -0.05) is 0 Å². The third-order valence-corrected chi connectivity index (χ3v) is 3.65. The number of aliphatic carboxylic acids is 1. The first-order valence-corrected chi connectivity index (χ1v) is 6.67. The van der Waals surface area contributed by atoms with E-state index in [0.29, 0.717) is 5.69 Å². The van der Waals surface area contributed by atoms with Gasteiger partial charge in [-0.05, 0) is 13.8 Å². The van der Waals surface area contributed by atoms with Crippen molar-refractivity contribution in [3.05, 3.63) is 23.5 Å². The number of ether oxygens (including phenoxy) is 1. The Balaban J connectivity index is 2.28. The molecule has 2 rings (SSSR count). The van der Waals surface area contributed by atoms with Gasteiger partial charge in [-0.25, -0.2) is 4.98 Å². The summed E-state index contributed by atoms with van der Waals surface area (Å²) < 4.78 is 6.64. The van der Waals surface area contributed by atoms with Crippen LogP contribution in [0.1, 0.15) is 19.5 Å². The van der Waals surface area contributed by atoms with Gasteiger partial charge < -0.3 is 9.84 Å². The minimum absolute atomic E-state index is 0.00949. The highest BCUT2D eigenvalue weighted by atomic mass is 32.1. The van der Waals surface area contributed by atoms with Crippen molar-refractivity contribution >= 4 is 28.2 Å². The minimum atomic E-state index is -1.61. The molecule has 0 aliphatic carbocycles. The number of esters is 1. The molecule has 6 nitrogen and oxygen atoms in total. The van der Waals surface area contributed by atoms with Crippen molar-refractivity contribution in [3.8, 4) is 0 Å².